The Labute approximate surface area is 89.6 Å². The minimum absolute atomic E-state index is 0.289. The van der Waals surface area contributed by atoms with Gasteiger partial charge in [0, 0.05) is 11.5 Å². The van der Waals surface area contributed by atoms with Crippen LogP contribution in [0.5, 0.6) is 0 Å². The molecule has 1 aromatic carbocycles. The lowest BCUT2D eigenvalue weighted by Gasteiger charge is -2.16. The van der Waals surface area contributed by atoms with Crippen LogP contribution in [-0.4, -0.2) is 8.07 Å². The molecule has 0 bridgehead atoms. The van der Waals surface area contributed by atoms with Gasteiger partial charge in [-0.1, -0.05) is 37.0 Å². The van der Waals surface area contributed by atoms with Crippen molar-refractivity contribution < 1.29 is 4.42 Å². The third-order valence-electron chi connectivity index (χ3n) is 2.49. The summed E-state index contributed by atoms with van der Waals surface area (Å²) in [6.45, 7) is 6.90. The van der Waals surface area contributed by atoms with Crippen LogP contribution in [0.25, 0.3) is 11.0 Å². The van der Waals surface area contributed by atoms with Crippen molar-refractivity contribution in [3.8, 4) is 0 Å². The normalized spacial score (nSPS) is 11.9. The molecule has 2 rings (SSSR count). The molecule has 2 aromatic rings. The van der Waals surface area contributed by atoms with Gasteiger partial charge in [-0.15, -0.1) is 0 Å². The predicted octanol–water partition coefficient (Wildman–Crippen LogP) is 2.34. The van der Waals surface area contributed by atoms with Crippen LogP contribution in [0.3, 0.4) is 0 Å². The highest BCUT2D eigenvalue weighted by Gasteiger charge is 2.16. The molecule has 0 atom stereocenters. The predicted molar refractivity (Wildman–Crippen MR) is 65.5 cm³/mol. The molecule has 0 saturated heterocycles. The van der Waals surface area contributed by atoms with Gasteiger partial charge in [0.2, 0.25) is 0 Å². The summed E-state index contributed by atoms with van der Waals surface area (Å²) in [5, 5.41) is 2.39. The van der Waals surface area contributed by atoms with Gasteiger partial charge in [0.15, 0.2) is 0 Å². The fourth-order valence-electron chi connectivity index (χ4n) is 1.54. The first-order chi connectivity index (χ1) is 6.97. The third kappa shape index (κ3) is 2.02. The average Bonchev–Trinajstić information content (AvgIpc) is 2.15. The van der Waals surface area contributed by atoms with E-state index in [9.17, 15) is 4.79 Å². The quantitative estimate of drug-likeness (QED) is 0.543. The number of rotatable bonds is 1. The highest BCUT2D eigenvalue weighted by molar-refractivity contribution is 6.88. The molecule has 78 valence electrons. The van der Waals surface area contributed by atoms with Gasteiger partial charge in [0.25, 0.3) is 0 Å². The van der Waals surface area contributed by atoms with Crippen LogP contribution in [0, 0.1) is 0 Å². The van der Waals surface area contributed by atoms with Gasteiger partial charge in [-0.05, 0) is 12.1 Å². The monoisotopic (exact) mass is 218 g/mol. The highest BCUT2D eigenvalue weighted by Crippen LogP contribution is 2.12. The van der Waals surface area contributed by atoms with E-state index in [4.69, 9.17) is 4.42 Å². The summed E-state index contributed by atoms with van der Waals surface area (Å²) in [7, 11) is -1.28. The molecule has 1 aromatic heterocycles. The smallest absolute Gasteiger partial charge is 0.336 e. The lowest BCUT2D eigenvalue weighted by atomic mass is 10.2. The summed E-state index contributed by atoms with van der Waals surface area (Å²) in [6.07, 6.45) is 0. The average molecular weight is 218 g/mol. The SMILES string of the molecule is C[Si](C)(C)c1ccc2oc(=O)ccc2c1. The zero-order valence-electron chi connectivity index (χ0n) is 9.20. The Balaban J connectivity index is 2.67. The van der Waals surface area contributed by atoms with E-state index in [2.05, 4.69) is 31.8 Å². The highest BCUT2D eigenvalue weighted by atomic mass is 28.3. The van der Waals surface area contributed by atoms with Crippen molar-refractivity contribution in [2.75, 3.05) is 0 Å². The molecule has 0 saturated carbocycles. The Hall–Kier alpha value is -1.35. The lowest BCUT2D eigenvalue weighted by Crippen LogP contribution is -2.37. The van der Waals surface area contributed by atoms with Crippen LogP contribution in [0.15, 0.2) is 39.5 Å². The summed E-state index contributed by atoms with van der Waals surface area (Å²) < 4.78 is 5.09. The Morgan fingerprint density at radius 2 is 1.80 bits per heavy atom. The Bertz CT molecular complexity index is 549. The molecular formula is C12H14O2Si. The number of fused-ring (bicyclic) bond motifs is 1. The number of hydrogen-bond donors (Lipinski definition) is 0. The van der Waals surface area contributed by atoms with E-state index in [1.54, 1.807) is 0 Å². The fraction of sp³-hybridized carbons (Fsp3) is 0.250. The van der Waals surface area contributed by atoms with Gasteiger partial charge in [-0.2, -0.15) is 0 Å². The molecule has 0 spiro atoms. The molecule has 0 unspecified atom stereocenters. The van der Waals surface area contributed by atoms with Gasteiger partial charge < -0.3 is 4.42 Å². The van der Waals surface area contributed by atoms with E-state index in [0.717, 1.165) is 5.39 Å². The van der Waals surface area contributed by atoms with Crippen molar-refractivity contribution in [2.24, 2.45) is 0 Å². The first-order valence-electron chi connectivity index (χ1n) is 5.01. The second-order valence-electron chi connectivity index (χ2n) is 4.76. The van der Waals surface area contributed by atoms with E-state index in [-0.39, 0.29) is 5.63 Å². The topological polar surface area (TPSA) is 30.2 Å². The molecule has 0 amide bonds. The van der Waals surface area contributed by atoms with Crippen LogP contribution >= 0.6 is 0 Å². The van der Waals surface area contributed by atoms with E-state index < -0.39 is 8.07 Å². The van der Waals surface area contributed by atoms with Gasteiger partial charge >= 0.3 is 5.63 Å². The Morgan fingerprint density at radius 1 is 1.07 bits per heavy atom. The summed E-state index contributed by atoms with van der Waals surface area (Å²) in [4.78, 5) is 11.0. The molecular weight excluding hydrogens is 204 g/mol. The molecule has 0 N–H and O–H groups in total. The van der Waals surface area contributed by atoms with Gasteiger partial charge in [0.05, 0.1) is 8.07 Å². The van der Waals surface area contributed by atoms with Gasteiger partial charge in [-0.3, -0.25) is 0 Å². The summed E-state index contributed by atoms with van der Waals surface area (Å²) in [6, 6.07) is 9.38. The van der Waals surface area contributed by atoms with Crippen molar-refractivity contribution in [3.63, 3.8) is 0 Å². The maximum Gasteiger partial charge on any atom is 0.336 e. The molecule has 0 aliphatic carbocycles. The van der Waals surface area contributed by atoms with Crippen LogP contribution in [0.2, 0.25) is 19.6 Å². The zero-order chi connectivity index (χ0) is 11.1. The molecule has 2 nitrogen and oxygen atoms in total. The maximum absolute atomic E-state index is 11.0. The second kappa shape index (κ2) is 3.34. The van der Waals surface area contributed by atoms with Crippen LogP contribution in [-0.2, 0) is 0 Å². The van der Waals surface area contributed by atoms with Crippen LogP contribution in [0.1, 0.15) is 0 Å². The molecule has 0 aliphatic heterocycles. The van der Waals surface area contributed by atoms with Crippen molar-refractivity contribution in [2.45, 2.75) is 19.6 Å². The molecule has 3 heteroatoms. The zero-order valence-corrected chi connectivity index (χ0v) is 10.2. The largest absolute Gasteiger partial charge is 0.423 e. The van der Waals surface area contributed by atoms with E-state index >= 15 is 0 Å². The van der Waals surface area contributed by atoms with Crippen LogP contribution < -0.4 is 10.8 Å². The molecule has 0 radical (unpaired) electrons. The van der Waals surface area contributed by atoms with Gasteiger partial charge in [-0.25, -0.2) is 4.79 Å². The number of hydrogen-bond acceptors (Lipinski definition) is 2. The maximum atomic E-state index is 11.0. The molecule has 0 fully saturated rings. The Kier molecular flexibility index (Phi) is 2.27. The fourth-order valence-corrected chi connectivity index (χ4v) is 2.71. The lowest BCUT2D eigenvalue weighted by molar-refractivity contribution is 0.561. The van der Waals surface area contributed by atoms with E-state index in [0.29, 0.717) is 5.58 Å². The minimum Gasteiger partial charge on any atom is -0.423 e. The Morgan fingerprint density at radius 3 is 2.47 bits per heavy atom. The first kappa shape index (κ1) is 10.2. The van der Waals surface area contributed by atoms with Crippen molar-refractivity contribution in [1.82, 2.24) is 0 Å². The second-order valence-corrected chi connectivity index (χ2v) is 9.83. The van der Waals surface area contributed by atoms with Crippen LogP contribution in [0.4, 0.5) is 0 Å². The van der Waals surface area contributed by atoms with Crippen molar-refractivity contribution >= 4 is 24.2 Å². The number of benzene rings is 1. The summed E-state index contributed by atoms with van der Waals surface area (Å²) >= 11 is 0. The van der Waals surface area contributed by atoms with E-state index in [1.165, 1.54) is 11.3 Å². The van der Waals surface area contributed by atoms with E-state index in [1.807, 2.05) is 12.1 Å². The molecule has 0 aliphatic rings. The minimum atomic E-state index is -1.28. The third-order valence-corrected chi connectivity index (χ3v) is 4.53. The first-order valence-corrected chi connectivity index (χ1v) is 8.51. The van der Waals surface area contributed by atoms with Crippen molar-refractivity contribution in [1.29, 1.82) is 0 Å². The molecule has 15 heavy (non-hydrogen) atoms. The summed E-state index contributed by atoms with van der Waals surface area (Å²) in [5.74, 6) is 0. The van der Waals surface area contributed by atoms with Gasteiger partial charge in [0.1, 0.15) is 5.58 Å². The standard InChI is InChI=1S/C12H14O2Si/c1-15(2,3)10-5-6-11-9(8-10)4-7-12(13)14-11/h4-8H,1-3H3. The van der Waals surface area contributed by atoms with Crippen molar-refractivity contribution in [3.05, 3.63) is 40.8 Å². The summed E-state index contributed by atoms with van der Waals surface area (Å²) in [5.41, 5.74) is 0.382. The molecule has 1 heterocycles.